The second-order valence-electron chi connectivity index (χ2n) is 18.1. The smallest absolute Gasteiger partial charge is 0.306 e. The molecule has 0 aromatic rings. The number of esters is 3. The van der Waals surface area contributed by atoms with Crippen molar-refractivity contribution in [3.8, 4) is 0 Å². The summed E-state index contributed by atoms with van der Waals surface area (Å²) in [6.07, 6.45) is 72.4. The Balaban J connectivity index is 4.47. The zero-order valence-corrected chi connectivity index (χ0v) is 43.6. The third-order valence-corrected chi connectivity index (χ3v) is 11.5. The minimum absolute atomic E-state index is 0.0964. The van der Waals surface area contributed by atoms with E-state index in [0.29, 0.717) is 19.3 Å². The Morgan fingerprint density at radius 1 is 0.313 bits per heavy atom. The molecule has 0 rings (SSSR count). The molecular weight excluding hydrogens is 829 g/mol. The maximum absolute atomic E-state index is 12.8. The molecule has 0 aliphatic carbocycles. The van der Waals surface area contributed by atoms with Gasteiger partial charge in [0.1, 0.15) is 13.2 Å². The standard InChI is InChI=1S/C61H102O6/c1-4-7-10-13-16-19-22-25-27-29-30-32-33-36-39-42-45-48-51-54-60(63)66-57-58(56-65-59(62)53-50-47-44-41-38-35-24-21-18-15-12-9-6-3)67-61(64)55-52-49-46-43-40-37-34-31-28-26-23-20-17-14-11-8-5-2/h7,10,16-17,19-21,24-28,30,32,36,39,58H,4-6,8-9,11-15,18,22-23,29,31,33-35,37-38,40-57H2,1-3H3/b10-7-,19-16-,20-17-,24-21-,27-25-,28-26-,32-30-,39-36-/t58-/m1/s1. The summed E-state index contributed by atoms with van der Waals surface area (Å²) in [4.78, 5) is 38.1. The van der Waals surface area contributed by atoms with Gasteiger partial charge in [-0.15, -0.1) is 0 Å². The van der Waals surface area contributed by atoms with E-state index in [1.165, 1.54) is 96.3 Å². The van der Waals surface area contributed by atoms with E-state index < -0.39 is 6.10 Å². The molecule has 0 aromatic carbocycles. The molecule has 0 aliphatic heterocycles. The summed E-state index contributed by atoms with van der Waals surface area (Å²) >= 11 is 0. The number of carbonyl (C=O) groups is 3. The first-order valence-electron chi connectivity index (χ1n) is 27.7. The summed E-state index contributed by atoms with van der Waals surface area (Å²) in [5.41, 5.74) is 0. The largest absolute Gasteiger partial charge is 0.462 e. The third kappa shape index (κ3) is 53.2. The predicted molar refractivity (Wildman–Crippen MR) is 288 cm³/mol. The summed E-state index contributed by atoms with van der Waals surface area (Å²) in [6, 6.07) is 0. The van der Waals surface area contributed by atoms with Gasteiger partial charge in [0.25, 0.3) is 0 Å². The normalized spacial score (nSPS) is 12.8. The molecular formula is C61H102O6. The lowest BCUT2D eigenvalue weighted by molar-refractivity contribution is -0.167. The molecule has 0 fully saturated rings. The Bertz CT molecular complexity index is 1350. The van der Waals surface area contributed by atoms with Gasteiger partial charge in [-0.05, 0) is 122 Å². The molecule has 0 aromatic heterocycles. The molecule has 0 bridgehead atoms. The van der Waals surface area contributed by atoms with Gasteiger partial charge in [0.2, 0.25) is 0 Å². The van der Waals surface area contributed by atoms with Gasteiger partial charge >= 0.3 is 17.9 Å². The number of rotatable bonds is 49. The molecule has 0 amide bonds. The van der Waals surface area contributed by atoms with Gasteiger partial charge < -0.3 is 14.2 Å². The minimum atomic E-state index is -0.800. The van der Waals surface area contributed by atoms with Gasteiger partial charge in [-0.25, -0.2) is 0 Å². The predicted octanol–water partition coefficient (Wildman–Crippen LogP) is 18.5. The number of ether oxygens (including phenoxy) is 3. The highest BCUT2D eigenvalue weighted by atomic mass is 16.6. The van der Waals surface area contributed by atoms with Crippen molar-refractivity contribution >= 4 is 17.9 Å². The lowest BCUT2D eigenvalue weighted by Gasteiger charge is -2.18. The van der Waals surface area contributed by atoms with Crippen molar-refractivity contribution in [1.29, 1.82) is 0 Å². The van der Waals surface area contributed by atoms with E-state index in [-0.39, 0.29) is 31.1 Å². The first-order chi connectivity index (χ1) is 33.0. The van der Waals surface area contributed by atoms with Crippen LogP contribution in [0.3, 0.4) is 0 Å². The summed E-state index contributed by atoms with van der Waals surface area (Å²) in [7, 11) is 0. The van der Waals surface area contributed by atoms with Crippen LogP contribution in [0.1, 0.15) is 252 Å². The van der Waals surface area contributed by atoms with Gasteiger partial charge in [0, 0.05) is 19.3 Å². The van der Waals surface area contributed by atoms with Crippen molar-refractivity contribution in [1.82, 2.24) is 0 Å². The van der Waals surface area contributed by atoms with Gasteiger partial charge in [0.05, 0.1) is 0 Å². The van der Waals surface area contributed by atoms with Gasteiger partial charge in [0.15, 0.2) is 6.10 Å². The maximum Gasteiger partial charge on any atom is 0.306 e. The monoisotopic (exact) mass is 931 g/mol. The molecule has 0 aliphatic rings. The Kier molecular flexibility index (Phi) is 51.9. The second-order valence-corrected chi connectivity index (χ2v) is 18.1. The number of carbonyl (C=O) groups excluding carboxylic acids is 3. The number of hydrogen-bond acceptors (Lipinski definition) is 6. The SMILES string of the molecule is CC/C=C\C/C=C\C/C=C\C/C=C\C/C=C\CCCCCC(=O)OC[C@@H](COC(=O)CCCCCCC/C=C\CCCCCC)OC(=O)CCCCCCCCC/C=C\C/C=C\CCCCC. The van der Waals surface area contributed by atoms with Crippen molar-refractivity contribution in [3.63, 3.8) is 0 Å². The number of allylic oxidation sites excluding steroid dienone is 16. The summed E-state index contributed by atoms with van der Waals surface area (Å²) in [6.45, 7) is 6.44. The quantitative estimate of drug-likeness (QED) is 0.0262. The van der Waals surface area contributed by atoms with E-state index in [4.69, 9.17) is 14.2 Å². The van der Waals surface area contributed by atoms with Crippen LogP contribution in [0.15, 0.2) is 97.2 Å². The van der Waals surface area contributed by atoms with Gasteiger partial charge in [-0.1, -0.05) is 208 Å². The van der Waals surface area contributed by atoms with Crippen molar-refractivity contribution in [2.75, 3.05) is 13.2 Å². The van der Waals surface area contributed by atoms with Crippen LogP contribution in [0, 0.1) is 0 Å². The molecule has 6 nitrogen and oxygen atoms in total. The number of hydrogen-bond donors (Lipinski definition) is 0. The van der Waals surface area contributed by atoms with E-state index in [1.54, 1.807) is 0 Å². The van der Waals surface area contributed by atoms with E-state index in [1.807, 2.05) is 0 Å². The molecule has 382 valence electrons. The molecule has 0 saturated carbocycles. The molecule has 0 radical (unpaired) electrons. The fourth-order valence-corrected chi connectivity index (χ4v) is 7.37. The molecule has 0 unspecified atom stereocenters. The van der Waals surface area contributed by atoms with E-state index >= 15 is 0 Å². The number of unbranched alkanes of at least 4 members (excludes halogenated alkanes) is 22. The van der Waals surface area contributed by atoms with Gasteiger partial charge in [-0.2, -0.15) is 0 Å². The summed E-state index contributed by atoms with van der Waals surface area (Å²) < 4.78 is 16.8. The van der Waals surface area contributed by atoms with E-state index in [0.717, 1.165) is 116 Å². The molecule has 67 heavy (non-hydrogen) atoms. The summed E-state index contributed by atoms with van der Waals surface area (Å²) in [5.74, 6) is -0.945. The third-order valence-electron chi connectivity index (χ3n) is 11.5. The Morgan fingerprint density at radius 2 is 0.582 bits per heavy atom. The van der Waals surface area contributed by atoms with Crippen LogP contribution in [0.4, 0.5) is 0 Å². The van der Waals surface area contributed by atoms with Crippen molar-refractivity contribution in [3.05, 3.63) is 97.2 Å². The summed E-state index contributed by atoms with van der Waals surface area (Å²) in [5, 5.41) is 0. The highest BCUT2D eigenvalue weighted by Crippen LogP contribution is 2.14. The van der Waals surface area contributed by atoms with Crippen LogP contribution in [-0.2, 0) is 28.6 Å². The molecule has 0 heterocycles. The Hall–Kier alpha value is -3.67. The maximum atomic E-state index is 12.8. The fourth-order valence-electron chi connectivity index (χ4n) is 7.37. The molecule has 6 heteroatoms. The van der Waals surface area contributed by atoms with Crippen LogP contribution in [0.5, 0.6) is 0 Å². The average molecular weight is 931 g/mol. The zero-order valence-electron chi connectivity index (χ0n) is 43.6. The zero-order chi connectivity index (χ0) is 48.6. The minimum Gasteiger partial charge on any atom is -0.462 e. The Morgan fingerprint density at radius 3 is 0.970 bits per heavy atom. The van der Waals surface area contributed by atoms with Crippen LogP contribution in [0.2, 0.25) is 0 Å². The average Bonchev–Trinajstić information content (AvgIpc) is 3.33. The molecule has 1 atom stereocenters. The van der Waals surface area contributed by atoms with Gasteiger partial charge in [-0.3, -0.25) is 14.4 Å². The van der Waals surface area contributed by atoms with Crippen molar-refractivity contribution in [2.45, 2.75) is 258 Å². The van der Waals surface area contributed by atoms with Crippen LogP contribution >= 0.6 is 0 Å². The highest BCUT2D eigenvalue weighted by molar-refractivity contribution is 5.71. The lowest BCUT2D eigenvalue weighted by Crippen LogP contribution is -2.30. The fraction of sp³-hybridized carbons (Fsp3) is 0.689. The second kappa shape index (κ2) is 54.9. The highest BCUT2D eigenvalue weighted by Gasteiger charge is 2.19. The van der Waals surface area contributed by atoms with Crippen molar-refractivity contribution in [2.24, 2.45) is 0 Å². The molecule has 0 spiro atoms. The Labute approximate surface area is 413 Å². The molecule has 0 N–H and O–H groups in total. The van der Waals surface area contributed by atoms with E-state index in [2.05, 4.69) is 118 Å². The lowest BCUT2D eigenvalue weighted by atomic mass is 10.1. The molecule has 0 saturated heterocycles. The van der Waals surface area contributed by atoms with Crippen molar-refractivity contribution < 1.29 is 28.6 Å². The first kappa shape index (κ1) is 63.3. The first-order valence-corrected chi connectivity index (χ1v) is 27.7. The van der Waals surface area contributed by atoms with Crippen LogP contribution < -0.4 is 0 Å². The topological polar surface area (TPSA) is 78.9 Å². The van der Waals surface area contributed by atoms with Crippen LogP contribution in [-0.4, -0.2) is 37.2 Å². The van der Waals surface area contributed by atoms with Crippen LogP contribution in [0.25, 0.3) is 0 Å². The van der Waals surface area contributed by atoms with E-state index in [9.17, 15) is 14.4 Å².